The van der Waals surface area contributed by atoms with Crippen molar-refractivity contribution >= 4 is 23.5 Å². The van der Waals surface area contributed by atoms with E-state index in [9.17, 15) is 4.79 Å². The highest BCUT2D eigenvalue weighted by Crippen LogP contribution is 2.40. The van der Waals surface area contributed by atoms with E-state index >= 15 is 0 Å². The van der Waals surface area contributed by atoms with Crippen LogP contribution in [0.15, 0.2) is 23.3 Å². The molecule has 0 saturated carbocycles. The second-order valence-corrected chi connectivity index (χ2v) is 7.00. The van der Waals surface area contributed by atoms with Gasteiger partial charge in [0.25, 0.3) is 5.91 Å². The van der Waals surface area contributed by atoms with E-state index in [0.717, 1.165) is 18.4 Å². The van der Waals surface area contributed by atoms with Gasteiger partial charge in [-0.1, -0.05) is 0 Å². The van der Waals surface area contributed by atoms with E-state index in [-0.39, 0.29) is 5.91 Å². The van der Waals surface area contributed by atoms with Crippen LogP contribution in [0.3, 0.4) is 0 Å². The number of thiophene rings is 1. The number of nitrogens with one attached hydrogen (secondary N) is 1. The van der Waals surface area contributed by atoms with Crippen molar-refractivity contribution in [3.05, 3.63) is 39.1 Å². The fraction of sp³-hybridized carbons (Fsp3) is 0.333. The summed E-state index contributed by atoms with van der Waals surface area (Å²) in [6.07, 6.45) is 4.90. The zero-order chi connectivity index (χ0) is 17.2. The van der Waals surface area contributed by atoms with Crippen molar-refractivity contribution < 1.29 is 19.0 Å². The van der Waals surface area contributed by atoms with Crippen LogP contribution in [0.5, 0.6) is 17.2 Å². The summed E-state index contributed by atoms with van der Waals surface area (Å²) in [6, 6.07) is 5.58. The molecule has 1 N–H and O–H groups in total. The lowest BCUT2D eigenvalue weighted by Gasteiger charge is -2.20. The predicted molar refractivity (Wildman–Crippen MR) is 95.4 cm³/mol. The van der Waals surface area contributed by atoms with E-state index in [1.165, 1.54) is 16.9 Å². The van der Waals surface area contributed by atoms with Crippen molar-refractivity contribution in [2.45, 2.75) is 19.3 Å². The van der Waals surface area contributed by atoms with Crippen LogP contribution >= 0.6 is 11.3 Å². The zero-order valence-electron chi connectivity index (χ0n) is 13.8. The number of ether oxygens (including phenoxy) is 3. The first-order valence-electron chi connectivity index (χ1n) is 8.17. The van der Waals surface area contributed by atoms with Crippen molar-refractivity contribution in [3.8, 4) is 17.2 Å². The van der Waals surface area contributed by atoms with Crippen molar-refractivity contribution in [1.82, 2.24) is 5.43 Å². The molecule has 1 aromatic carbocycles. The Morgan fingerprint density at radius 2 is 2.16 bits per heavy atom. The highest BCUT2D eigenvalue weighted by molar-refractivity contribution is 7.14. The monoisotopic (exact) mass is 358 g/mol. The molecule has 0 radical (unpaired) electrons. The first kappa shape index (κ1) is 16.0. The molecule has 4 rings (SSSR count). The average Bonchev–Trinajstić information content (AvgIpc) is 3.23. The highest BCUT2D eigenvalue weighted by Gasteiger charge is 2.19. The summed E-state index contributed by atoms with van der Waals surface area (Å²) in [5.41, 5.74) is 4.64. The summed E-state index contributed by atoms with van der Waals surface area (Å²) in [7, 11) is 1.58. The number of benzene rings is 1. The second-order valence-electron chi connectivity index (χ2n) is 5.86. The van der Waals surface area contributed by atoms with Crippen molar-refractivity contribution in [3.63, 3.8) is 0 Å². The van der Waals surface area contributed by atoms with E-state index in [2.05, 4.69) is 10.5 Å². The molecule has 1 aromatic heterocycles. The Bertz CT molecular complexity index is 805. The quantitative estimate of drug-likeness (QED) is 0.674. The van der Waals surface area contributed by atoms with Gasteiger partial charge in [0.2, 0.25) is 5.75 Å². The summed E-state index contributed by atoms with van der Waals surface area (Å²) in [5, 5.41) is 4.06. The Balaban J connectivity index is 1.47. The number of aryl methyl sites for hydroxylation is 2. The van der Waals surface area contributed by atoms with Crippen LogP contribution in [0.1, 0.15) is 32.1 Å². The molecule has 1 aliphatic carbocycles. The Kier molecular flexibility index (Phi) is 4.31. The molecule has 130 valence electrons. The molecule has 2 aliphatic rings. The summed E-state index contributed by atoms with van der Waals surface area (Å²) in [4.78, 5) is 14.2. The predicted octanol–water partition coefficient (Wildman–Crippen LogP) is 2.78. The Morgan fingerprint density at radius 3 is 3.00 bits per heavy atom. The van der Waals surface area contributed by atoms with Crippen LogP contribution in [-0.2, 0) is 12.8 Å². The van der Waals surface area contributed by atoms with Gasteiger partial charge >= 0.3 is 0 Å². The number of nitrogens with zero attached hydrogens (tertiary/aromatic N) is 1. The number of amides is 1. The number of hydrogen-bond acceptors (Lipinski definition) is 6. The largest absolute Gasteiger partial charge is 0.493 e. The Labute approximate surface area is 149 Å². The van der Waals surface area contributed by atoms with E-state index in [1.54, 1.807) is 30.7 Å². The lowest BCUT2D eigenvalue weighted by Crippen LogP contribution is -2.17. The van der Waals surface area contributed by atoms with Crippen LogP contribution < -0.4 is 19.6 Å². The minimum atomic E-state index is -0.180. The third-order valence-electron chi connectivity index (χ3n) is 4.20. The highest BCUT2D eigenvalue weighted by atomic mass is 32.1. The van der Waals surface area contributed by atoms with Crippen molar-refractivity contribution in [2.24, 2.45) is 5.10 Å². The number of carbonyl (C=O) groups is 1. The number of methoxy groups -OCH3 is 1. The molecule has 2 heterocycles. The molecule has 0 bridgehead atoms. The second kappa shape index (κ2) is 6.76. The molecule has 0 unspecified atom stereocenters. The summed E-state index contributed by atoms with van der Waals surface area (Å²) in [6.45, 7) is 0.994. The fourth-order valence-corrected chi connectivity index (χ4v) is 4.17. The number of hydrogen-bond donors (Lipinski definition) is 1. The average molecular weight is 358 g/mol. The van der Waals surface area contributed by atoms with Gasteiger partial charge in [-0.25, -0.2) is 5.43 Å². The van der Waals surface area contributed by atoms with E-state index in [1.807, 2.05) is 12.1 Å². The number of rotatable bonds is 4. The number of carbonyl (C=O) groups excluding carboxylic acids is 1. The van der Waals surface area contributed by atoms with Gasteiger partial charge in [0.1, 0.15) is 13.2 Å². The molecule has 0 fully saturated rings. The molecule has 7 heteroatoms. The maximum Gasteiger partial charge on any atom is 0.281 e. The smallest absolute Gasteiger partial charge is 0.281 e. The van der Waals surface area contributed by atoms with Crippen molar-refractivity contribution in [1.29, 1.82) is 0 Å². The molecule has 0 atom stereocenters. The molecule has 0 saturated heterocycles. The first-order chi connectivity index (χ1) is 12.2. The van der Waals surface area contributed by atoms with Gasteiger partial charge in [-0.2, -0.15) is 5.10 Å². The zero-order valence-corrected chi connectivity index (χ0v) is 14.6. The maximum atomic E-state index is 12.2. The SMILES string of the molecule is COc1cc(/C=N\NC(=O)c2cc3c(s2)CCC3)cc2c1OCCO2. The molecule has 6 nitrogen and oxygen atoms in total. The normalized spacial score (nSPS) is 15.2. The molecule has 2 aromatic rings. The van der Waals surface area contributed by atoms with Gasteiger partial charge in [0.05, 0.1) is 18.2 Å². The minimum Gasteiger partial charge on any atom is -0.493 e. The Hall–Kier alpha value is -2.54. The topological polar surface area (TPSA) is 69.2 Å². The van der Waals surface area contributed by atoms with Gasteiger partial charge in [-0.3, -0.25) is 4.79 Å². The van der Waals surface area contributed by atoms with E-state index in [4.69, 9.17) is 14.2 Å². The van der Waals surface area contributed by atoms with Crippen LogP contribution in [0, 0.1) is 0 Å². The van der Waals surface area contributed by atoms with Gasteiger partial charge in [-0.05, 0) is 43.0 Å². The van der Waals surface area contributed by atoms with Crippen LogP contribution in [-0.4, -0.2) is 32.4 Å². The number of hydrazone groups is 1. The molecule has 0 spiro atoms. The Morgan fingerprint density at radius 1 is 1.28 bits per heavy atom. The van der Waals surface area contributed by atoms with Crippen molar-refractivity contribution in [2.75, 3.05) is 20.3 Å². The molecule has 25 heavy (non-hydrogen) atoms. The van der Waals surface area contributed by atoms with Crippen LogP contribution in [0.2, 0.25) is 0 Å². The van der Waals surface area contributed by atoms with E-state index < -0.39 is 0 Å². The van der Waals surface area contributed by atoms with Gasteiger partial charge in [0, 0.05) is 10.4 Å². The first-order valence-corrected chi connectivity index (χ1v) is 8.99. The summed E-state index contributed by atoms with van der Waals surface area (Å²) < 4.78 is 16.5. The summed E-state index contributed by atoms with van der Waals surface area (Å²) >= 11 is 1.56. The third kappa shape index (κ3) is 3.19. The molecular formula is C18H18N2O4S. The number of fused-ring (bicyclic) bond motifs is 2. The fourth-order valence-electron chi connectivity index (χ4n) is 3.03. The van der Waals surface area contributed by atoms with E-state index in [0.29, 0.717) is 35.3 Å². The standard InChI is InChI=1S/C18H18N2O4S/c1-22-13-7-11(8-14-17(13)24-6-5-23-14)10-19-20-18(21)16-9-12-3-2-4-15(12)25-16/h7-10H,2-6H2,1H3,(H,20,21)/b19-10-. The van der Waals surface area contributed by atoms with Gasteiger partial charge in [0.15, 0.2) is 11.5 Å². The third-order valence-corrected chi connectivity index (χ3v) is 5.44. The molecule has 1 amide bonds. The van der Waals surface area contributed by atoms with Crippen LogP contribution in [0.4, 0.5) is 0 Å². The van der Waals surface area contributed by atoms with Gasteiger partial charge in [-0.15, -0.1) is 11.3 Å². The summed E-state index contributed by atoms with van der Waals surface area (Å²) in [5.74, 6) is 1.62. The lowest BCUT2D eigenvalue weighted by molar-refractivity contribution is 0.0959. The lowest BCUT2D eigenvalue weighted by atomic mass is 10.2. The van der Waals surface area contributed by atoms with Gasteiger partial charge < -0.3 is 14.2 Å². The van der Waals surface area contributed by atoms with Crippen LogP contribution in [0.25, 0.3) is 0 Å². The molecular weight excluding hydrogens is 340 g/mol. The maximum absolute atomic E-state index is 12.2. The minimum absolute atomic E-state index is 0.180. The molecule has 1 aliphatic heterocycles.